The topological polar surface area (TPSA) is 22.1 Å². The van der Waals surface area contributed by atoms with Crippen LogP contribution in [0, 0.1) is 0 Å². The zero-order valence-corrected chi connectivity index (χ0v) is 9.91. The van der Waals surface area contributed by atoms with Crippen molar-refractivity contribution < 1.29 is 4.74 Å². The Morgan fingerprint density at radius 2 is 2.07 bits per heavy atom. The number of methoxy groups -OCH3 is 1. The van der Waals surface area contributed by atoms with Gasteiger partial charge in [-0.05, 0) is 12.1 Å². The molecule has 1 heterocycles. The van der Waals surface area contributed by atoms with Crippen molar-refractivity contribution in [3.63, 3.8) is 0 Å². The van der Waals surface area contributed by atoms with Crippen molar-refractivity contribution in [3.05, 3.63) is 40.9 Å². The van der Waals surface area contributed by atoms with Crippen LogP contribution in [0.1, 0.15) is 5.56 Å². The lowest BCUT2D eigenvalue weighted by Crippen LogP contribution is -1.90. The summed E-state index contributed by atoms with van der Waals surface area (Å²) in [6.45, 7) is 3.79. The Bertz CT molecular complexity index is 522. The molecule has 0 aliphatic rings. The molecule has 0 spiro atoms. The van der Waals surface area contributed by atoms with Crippen molar-refractivity contribution in [2.24, 2.45) is 0 Å². The van der Waals surface area contributed by atoms with E-state index in [0.717, 1.165) is 20.9 Å². The maximum Gasteiger partial charge on any atom is 0.213 e. The van der Waals surface area contributed by atoms with Gasteiger partial charge >= 0.3 is 0 Å². The third kappa shape index (κ3) is 1.75. The van der Waals surface area contributed by atoms with Crippen LogP contribution < -0.4 is 4.74 Å². The molecule has 15 heavy (non-hydrogen) atoms. The van der Waals surface area contributed by atoms with Crippen molar-refractivity contribution in [1.82, 2.24) is 4.98 Å². The Balaban J connectivity index is 2.81. The molecule has 0 unspecified atom stereocenters. The van der Waals surface area contributed by atoms with E-state index < -0.39 is 0 Å². The third-order valence-electron chi connectivity index (χ3n) is 2.24. The SMILES string of the molecule is C=Cc1c(Br)ccc2ccc(OC)nc12. The number of pyridine rings is 1. The highest BCUT2D eigenvalue weighted by molar-refractivity contribution is 9.10. The van der Waals surface area contributed by atoms with E-state index in [1.54, 1.807) is 13.2 Å². The molecule has 0 N–H and O–H groups in total. The van der Waals surface area contributed by atoms with E-state index in [9.17, 15) is 0 Å². The first-order valence-electron chi connectivity index (χ1n) is 4.52. The summed E-state index contributed by atoms with van der Waals surface area (Å²) in [6, 6.07) is 7.84. The summed E-state index contributed by atoms with van der Waals surface area (Å²) in [5, 5.41) is 1.08. The summed E-state index contributed by atoms with van der Waals surface area (Å²) in [5.74, 6) is 0.615. The standard InChI is InChI=1S/C12H10BrNO/c1-3-9-10(13)6-4-8-5-7-11(15-2)14-12(8)9/h3-7H,1H2,2H3. The minimum Gasteiger partial charge on any atom is -0.481 e. The molecule has 1 aromatic heterocycles. The molecule has 0 atom stereocenters. The molecule has 0 fully saturated rings. The highest BCUT2D eigenvalue weighted by Gasteiger charge is 2.05. The molecule has 2 aromatic rings. The lowest BCUT2D eigenvalue weighted by atomic mass is 10.1. The molecule has 0 saturated carbocycles. The summed E-state index contributed by atoms with van der Waals surface area (Å²) in [4.78, 5) is 4.40. The van der Waals surface area contributed by atoms with E-state index in [-0.39, 0.29) is 0 Å². The van der Waals surface area contributed by atoms with Crippen molar-refractivity contribution in [1.29, 1.82) is 0 Å². The lowest BCUT2D eigenvalue weighted by Gasteiger charge is -2.05. The van der Waals surface area contributed by atoms with E-state index in [0.29, 0.717) is 5.88 Å². The Kier molecular flexibility index (Phi) is 2.73. The predicted octanol–water partition coefficient (Wildman–Crippen LogP) is 3.65. The molecule has 76 valence electrons. The van der Waals surface area contributed by atoms with Gasteiger partial charge < -0.3 is 4.74 Å². The second-order valence-electron chi connectivity index (χ2n) is 3.09. The minimum absolute atomic E-state index is 0.615. The van der Waals surface area contributed by atoms with Gasteiger partial charge in [-0.3, -0.25) is 0 Å². The summed E-state index contributed by atoms with van der Waals surface area (Å²) in [5.41, 5.74) is 1.89. The second kappa shape index (κ2) is 4.03. The normalized spacial score (nSPS) is 10.3. The second-order valence-corrected chi connectivity index (χ2v) is 3.94. The van der Waals surface area contributed by atoms with Gasteiger partial charge in [-0.25, -0.2) is 4.98 Å². The van der Waals surface area contributed by atoms with Crippen LogP contribution in [0.2, 0.25) is 0 Å². The highest BCUT2D eigenvalue weighted by Crippen LogP contribution is 2.27. The van der Waals surface area contributed by atoms with Crippen molar-refractivity contribution in [2.45, 2.75) is 0 Å². The van der Waals surface area contributed by atoms with Gasteiger partial charge in [0, 0.05) is 21.5 Å². The van der Waals surface area contributed by atoms with Gasteiger partial charge in [-0.2, -0.15) is 0 Å². The highest BCUT2D eigenvalue weighted by atomic mass is 79.9. The van der Waals surface area contributed by atoms with Gasteiger partial charge in [0.05, 0.1) is 12.6 Å². The maximum atomic E-state index is 5.10. The molecule has 0 radical (unpaired) electrons. The molecule has 1 aromatic carbocycles. The Labute approximate surface area is 96.7 Å². The number of aromatic nitrogens is 1. The quantitative estimate of drug-likeness (QED) is 0.826. The fourth-order valence-electron chi connectivity index (χ4n) is 1.48. The molecule has 3 heteroatoms. The Morgan fingerprint density at radius 3 is 2.73 bits per heavy atom. The zero-order valence-electron chi connectivity index (χ0n) is 8.33. The smallest absolute Gasteiger partial charge is 0.213 e. The van der Waals surface area contributed by atoms with Gasteiger partial charge in [-0.1, -0.05) is 34.7 Å². The number of hydrogen-bond acceptors (Lipinski definition) is 2. The van der Waals surface area contributed by atoms with E-state index >= 15 is 0 Å². The van der Waals surface area contributed by atoms with Crippen LogP contribution in [0.3, 0.4) is 0 Å². The van der Waals surface area contributed by atoms with Crippen molar-refractivity contribution >= 4 is 32.9 Å². The number of rotatable bonds is 2. The van der Waals surface area contributed by atoms with Crippen LogP contribution in [-0.4, -0.2) is 12.1 Å². The van der Waals surface area contributed by atoms with Crippen LogP contribution in [0.4, 0.5) is 0 Å². The molecule has 2 nitrogen and oxygen atoms in total. The van der Waals surface area contributed by atoms with Crippen LogP contribution in [0.25, 0.3) is 17.0 Å². The van der Waals surface area contributed by atoms with E-state index in [2.05, 4.69) is 27.5 Å². The van der Waals surface area contributed by atoms with E-state index in [1.165, 1.54) is 0 Å². The first-order chi connectivity index (χ1) is 7.26. The van der Waals surface area contributed by atoms with Crippen LogP contribution in [0.15, 0.2) is 35.3 Å². The number of ether oxygens (including phenoxy) is 1. The molecular formula is C12H10BrNO. The fraction of sp³-hybridized carbons (Fsp3) is 0.0833. The van der Waals surface area contributed by atoms with Gasteiger partial charge in [0.2, 0.25) is 5.88 Å². The zero-order chi connectivity index (χ0) is 10.8. The Hall–Kier alpha value is -1.35. The monoisotopic (exact) mass is 263 g/mol. The number of halogens is 1. The lowest BCUT2D eigenvalue weighted by molar-refractivity contribution is 0.399. The minimum atomic E-state index is 0.615. The van der Waals surface area contributed by atoms with E-state index in [4.69, 9.17) is 4.74 Å². The van der Waals surface area contributed by atoms with Gasteiger partial charge in [0.25, 0.3) is 0 Å². The first kappa shape index (κ1) is 10.2. The van der Waals surface area contributed by atoms with Crippen LogP contribution in [-0.2, 0) is 0 Å². The van der Waals surface area contributed by atoms with Crippen LogP contribution >= 0.6 is 15.9 Å². The molecule has 0 saturated heterocycles. The average Bonchev–Trinajstić information content (AvgIpc) is 2.28. The molecule has 0 aliphatic carbocycles. The summed E-state index contributed by atoms with van der Waals surface area (Å²) in [7, 11) is 1.61. The average molecular weight is 264 g/mol. The maximum absolute atomic E-state index is 5.10. The van der Waals surface area contributed by atoms with Gasteiger partial charge in [-0.15, -0.1) is 0 Å². The molecule has 0 aliphatic heterocycles. The van der Waals surface area contributed by atoms with Crippen molar-refractivity contribution in [3.8, 4) is 5.88 Å². The number of fused-ring (bicyclic) bond motifs is 1. The molecule has 0 bridgehead atoms. The first-order valence-corrected chi connectivity index (χ1v) is 5.31. The Morgan fingerprint density at radius 1 is 1.33 bits per heavy atom. The van der Waals surface area contributed by atoms with Gasteiger partial charge in [0.1, 0.15) is 0 Å². The fourth-order valence-corrected chi connectivity index (χ4v) is 1.96. The van der Waals surface area contributed by atoms with E-state index in [1.807, 2.05) is 24.3 Å². The number of hydrogen-bond donors (Lipinski definition) is 0. The summed E-state index contributed by atoms with van der Waals surface area (Å²) < 4.78 is 6.09. The summed E-state index contributed by atoms with van der Waals surface area (Å²) in [6.07, 6.45) is 1.79. The molecular weight excluding hydrogens is 254 g/mol. The number of benzene rings is 1. The molecule has 2 rings (SSSR count). The van der Waals surface area contributed by atoms with Crippen molar-refractivity contribution in [2.75, 3.05) is 7.11 Å². The predicted molar refractivity (Wildman–Crippen MR) is 66.1 cm³/mol. The largest absolute Gasteiger partial charge is 0.481 e. The summed E-state index contributed by atoms with van der Waals surface area (Å²) >= 11 is 3.47. The van der Waals surface area contributed by atoms with Crippen LogP contribution in [0.5, 0.6) is 5.88 Å². The van der Waals surface area contributed by atoms with Gasteiger partial charge in [0.15, 0.2) is 0 Å². The number of nitrogens with zero attached hydrogens (tertiary/aromatic N) is 1. The molecule has 0 amide bonds. The third-order valence-corrected chi connectivity index (χ3v) is 2.93.